The Morgan fingerprint density at radius 3 is 2.36 bits per heavy atom. The number of anilines is 3. The van der Waals surface area contributed by atoms with Gasteiger partial charge in [-0.3, -0.25) is 4.90 Å². The van der Waals surface area contributed by atoms with Gasteiger partial charge in [-0.05, 0) is 42.0 Å². The fraction of sp³-hybridized carbons (Fsp3) is 0.172. The fourth-order valence-corrected chi connectivity index (χ4v) is 4.34. The predicted octanol–water partition coefficient (Wildman–Crippen LogP) is 5.98. The number of amides is 2. The van der Waals surface area contributed by atoms with E-state index >= 15 is 0 Å². The molecule has 0 saturated carbocycles. The lowest BCUT2D eigenvalue weighted by molar-refractivity contribution is 0.197. The van der Waals surface area contributed by atoms with Crippen molar-refractivity contribution in [2.24, 2.45) is 0 Å². The van der Waals surface area contributed by atoms with Crippen molar-refractivity contribution in [1.82, 2.24) is 9.88 Å². The first-order valence-electron chi connectivity index (χ1n) is 11.8. The van der Waals surface area contributed by atoms with Gasteiger partial charge in [0.2, 0.25) is 0 Å². The molecule has 2 amide bonds. The maximum absolute atomic E-state index is 13.6. The summed E-state index contributed by atoms with van der Waals surface area (Å²) in [5.41, 5.74) is 4.50. The molecule has 4 aromatic rings. The number of pyridine rings is 1. The minimum Gasteiger partial charge on any atom is -0.497 e. The number of hydrogen-bond acceptors (Lipinski definition) is 5. The molecule has 0 fully saturated rings. The number of benzene rings is 3. The number of carbonyl (C=O) groups excluding carboxylic acids is 1. The van der Waals surface area contributed by atoms with Crippen molar-refractivity contribution in [2.75, 3.05) is 24.4 Å². The summed E-state index contributed by atoms with van der Waals surface area (Å²) < 4.78 is 10.8. The van der Waals surface area contributed by atoms with Gasteiger partial charge in [-0.25, -0.2) is 9.78 Å². The molecule has 1 aromatic heterocycles. The summed E-state index contributed by atoms with van der Waals surface area (Å²) in [6.45, 7) is 1.46. The van der Waals surface area contributed by atoms with Crippen LogP contribution in [-0.4, -0.2) is 30.1 Å². The molecular weight excluding hydrogens is 452 g/mol. The van der Waals surface area contributed by atoms with E-state index in [2.05, 4.69) is 5.32 Å². The number of urea groups is 1. The van der Waals surface area contributed by atoms with Crippen LogP contribution in [0, 0.1) is 0 Å². The number of aromatic nitrogens is 1. The maximum Gasteiger partial charge on any atom is 0.329 e. The lowest BCUT2D eigenvalue weighted by Crippen LogP contribution is -2.44. The summed E-state index contributed by atoms with van der Waals surface area (Å²) >= 11 is 0. The van der Waals surface area contributed by atoms with Crippen molar-refractivity contribution in [3.05, 3.63) is 108 Å². The Kier molecular flexibility index (Phi) is 6.71. The molecule has 1 N–H and O–H groups in total. The molecule has 182 valence electrons. The third-order valence-corrected chi connectivity index (χ3v) is 6.18. The molecule has 2 heterocycles. The van der Waals surface area contributed by atoms with Gasteiger partial charge in [-0.15, -0.1) is 0 Å². The number of hydrogen-bond donors (Lipinski definition) is 1. The van der Waals surface area contributed by atoms with Gasteiger partial charge in [0.25, 0.3) is 0 Å². The fourth-order valence-electron chi connectivity index (χ4n) is 4.34. The minimum atomic E-state index is -0.0666. The van der Waals surface area contributed by atoms with Gasteiger partial charge in [-0.1, -0.05) is 48.5 Å². The number of carbonyl (C=O) groups is 1. The second-order valence-corrected chi connectivity index (χ2v) is 8.49. The standard InChI is InChI=1S/C29H28N4O3/c1-35-24-14-13-22(27(17-24)36-2)18-30-28-16-15-26-25(31-28)20-32(19-21-9-5-3-6-10-21)29(34)33(26)23-11-7-4-8-12-23/h3-17H,18-20H2,1-2H3,(H,30,31). The van der Waals surface area contributed by atoms with Gasteiger partial charge in [-0.2, -0.15) is 0 Å². The monoisotopic (exact) mass is 480 g/mol. The van der Waals surface area contributed by atoms with Crippen LogP contribution in [0.15, 0.2) is 91.0 Å². The molecule has 0 saturated heterocycles. The molecule has 0 aliphatic carbocycles. The van der Waals surface area contributed by atoms with Crippen molar-refractivity contribution >= 4 is 23.2 Å². The van der Waals surface area contributed by atoms with Gasteiger partial charge in [0, 0.05) is 24.7 Å². The van der Waals surface area contributed by atoms with Gasteiger partial charge in [0.15, 0.2) is 0 Å². The molecule has 1 aliphatic rings. The van der Waals surface area contributed by atoms with Crippen LogP contribution in [0.3, 0.4) is 0 Å². The van der Waals surface area contributed by atoms with Gasteiger partial charge < -0.3 is 19.7 Å². The number of rotatable bonds is 8. The van der Waals surface area contributed by atoms with Crippen LogP contribution in [-0.2, 0) is 19.6 Å². The van der Waals surface area contributed by atoms with E-state index in [4.69, 9.17) is 14.5 Å². The number of ether oxygens (including phenoxy) is 2. The number of para-hydroxylation sites is 1. The van der Waals surface area contributed by atoms with Crippen LogP contribution >= 0.6 is 0 Å². The second kappa shape index (κ2) is 10.4. The molecule has 0 spiro atoms. The van der Waals surface area contributed by atoms with E-state index < -0.39 is 0 Å². The maximum atomic E-state index is 13.6. The van der Waals surface area contributed by atoms with E-state index in [0.717, 1.165) is 45.5 Å². The number of nitrogens with one attached hydrogen (secondary N) is 1. The quantitative estimate of drug-likeness (QED) is 0.336. The summed E-state index contributed by atoms with van der Waals surface area (Å²) in [4.78, 5) is 22.1. The molecular formula is C29H28N4O3. The summed E-state index contributed by atoms with van der Waals surface area (Å²) in [6.07, 6.45) is 0. The highest BCUT2D eigenvalue weighted by Crippen LogP contribution is 2.35. The molecule has 36 heavy (non-hydrogen) atoms. The van der Waals surface area contributed by atoms with Crippen molar-refractivity contribution < 1.29 is 14.3 Å². The molecule has 7 nitrogen and oxygen atoms in total. The smallest absolute Gasteiger partial charge is 0.329 e. The molecule has 7 heteroatoms. The Balaban J connectivity index is 1.43. The highest BCUT2D eigenvalue weighted by Gasteiger charge is 2.32. The second-order valence-electron chi connectivity index (χ2n) is 8.49. The Morgan fingerprint density at radius 1 is 0.889 bits per heavy atom. The summed E-state index contributed by atoms with van der Waals surface area (Å²) in [5, 5.41) is 3.40. The Hall–Kier alpha value is -4.52. The van der Waals surface area contributed by atoms with Crippen molar-refractivity contribution in [3.63, 3.8) is 0 Å². The Morgan fingerprint density at radius 2 is 1.64 bits per heavy atom. The zero-order valence-electron chi connectivity index (χ0n) is 20.3. The minimum absolute atomic E-state index is 0.0666. The van der Waals surface area contributed by atoms with E-state index in [0.29, 0.717) is 19.6 Å². The average Bonchev–Trinajstić information content (AvgIpc) is 2.93. The van der Waals surface area contributed by atoms with E-state index in [-0.39, 0.29) is 6.03 Å². The highest BCUT2D eigenvalue weighted by molar-refractivity contribution is 6.01. The van der Waals surface area contributed by atoms with Crippen molar-refractivity contribution in [3.8, 4) is 11.5 Å². The zero-order valence-corrected chi connectivity index (χ0v) is 20.3. The van der Waals surface area contributed by atoms with Crippen LogP contribution in [0.2, 0.25) is 0 Å². The summed E-state index contributed by atoms with van der Waals surface area (Å²) in [6, 6.07) is 29.2. The van der Waals surface area contributed by atoms with Gasteiger partial charge in [0.1, 0.15) is 17.3 Å². The SMILES string of the molecule is COc1ccc(CNc2ccc3c(n2)CN(Cc2ccccc2)C(=O)N3c2ccccc2)c(OC)c1. The van der Waals surface area contributed by atoms with E-state index in [1.807, 2.05) is 95.9 Å². The normalized spacial score (nSPS) is 12.8. The predicted molar refractivity (Wildman–Crippen MR) is 141 cm³/mol. The van der Waals surface area contributed by atoms with E-state index in [1.165, 1.54) is 0 Å². The zero-order chi connectivity index (χ0) is 24.9. The van der Waals surface area contributed by atoms with Crippen LogP contribution < -0.4 is 19.7 Å². The first-order valence-corrected chi connectivity index (χ1v) is 11.8. The highest BCUT2D eigenvalue weighted by atomic mass is 16.5. The summed E-state index contributed by atoms with van der Waals surface area (Å²) in [7, 11) is 3.28. The summed E-state index contributed by atoms with van der Waals surface area (Å²) in [5.74, 6) is 2.22. The third kappa shape index (κ3) is 4.81. The number of nitrogens with zero attached hydrogens (tertiary/aromatic N) is 3. The van der Waals surface area contributed by atoms with Gasteiger partial charge in [0.05, 0.1) is 37.8 Å². The first kappa shape index (κ1) is 23.2. The lowest BCUT2D eigenvalue weighted by atomic mass is 10.1. The molecule has 0 bridgehead atoms. The molecule has 0 unspecified atom stereocenters. The number of fused-ring (bicyclic) bond motifs is 1. The Labute approximate surface area is 210 Å². The third-order valence-electron chi connectivity index (χ3n) is 6.18. The van der Waals surface area contributed by atoms with Crippen LogP contribution in [0.25, 0.3) is 0 Å². The lowest BCUT2D eigenvalue weighted by Gasteiger charge is -2.36. The Bertz CT molecular complexity index is 1350. The largest absolute Gasteiger partial charge is 0.497 e. The molecule has 0 radical (unpaired) electrons. The van der Waals surface area contributed by atoms with Crippen LogP contribution in [0.5, 0.6) is 11.5 Å². The molecule has 1 aliphatic heterocycles. The molecule has 0 atom stereocenters. The van der Waals surface area contributed by atoms with Crippen LogP contribution in [0.1, 0.15) is 16.8 Å². The van der Waals surface area contributed by atoms with Crippen molar-refractivity contribution in [2.45, 2.75) is 19.6 Å². The van der Waals surface area contributed by atoms with E-state index in [9.17, 15) is 4.79 Å². The molecule has 5 rings (SSSR count). The number of methoxy groups -OCH3 is 2. The van der Waals surface area contributed by atoms with Crippen molar-refractivity contribution in [1.29, 1.82) is 0 Å². The average molecular weight is 481 g/mol. The van der Waals surface area contributed by atoms with E-state index in [1.54, 1.807) is 19.1 Å². The van der Waals surface area contributed by atoms with Crippen LogP contribution in [0.4, 0.5) is 22.0 Å². The first-order chi connectivity index (χ1) is 17.7. The molecule has 3 aromatic carbocycles. The topological polar surface area (TPSA) is 66.9 Å². The van der Waals surface area contributed by atoms with Gasteiger partial charge >= 0.3 is 6.03 Å².